The highest BCUT2D eigenvalue weighted by molar-refractivity contribution is 7.89. The minimum Gasteiger partial charge on any atom is -0.338 e. The normalized spacial score (nSPS) is 16.0. The van der Waals surface area contributed by atoms with Crippen LogP contribution in [0.3, 0.4) is 0 Å². The SMILES string of the molecule is CCS(=O)(=O)NCCCNC(=O)N[C@H](c1nc(C2CC2)no1)C(C)C. The molecule has 3 N–H and O–H groups in total. The molecule has 2 rings (SSSR count). The fourth-order valence-electron chi connectivity index (χ4n) is 2.21. The van der Waals surface area contributed by atoms with Crippen molar-refractivity contribution >= 4 is 16.1 Å². The van der Waals surface area contributed by atoms with Crippen molar-refractivity contribution in [3.63, 3.8) is 0 Å². The first-order valence-electron chi connectivity index (χ1n) is 8.67. The molecule has 0 radical (unpaired) electrons. The maximum Gasteiger partial charge on any atom is 0.315 e. The predicted molar refractivity (Wildman–Crippen MR) is 92.5 cm³/mol. The van der Waals surface area contributed by atoms with Gasteiger partial charge in [-0.2, -0.15) is 4.98 Å². The van der Waals surface area contributed by atoms with Gasteiger partial charge in [0.2, 0.25) is 15.9 Å². The van der Waals surface area contributed by atoms with Gasteiger partial charge in [0, 0.05) is 19.0 Å². The average molecular weight is 373 g/mol. The Balaban J connectivity index is 1.76. The van der Waals surface area contributed by atoms with Crippen molar-refractivity contribution in [2.24, 2.45) is 5.92 Å². The van der Waals surface area contributed by atoms with Gasteiger partial charge in [-0.05, 0) is 32.1 Å². The number of carbonyl (C=O) groups excluding carboxylic acids is 1. The molecule has 0 aromatic carbocycles. The molecule has 1 aromatic heterocycles. The summed E-state index contributed by atoms with van der Waals surface area (Å²) in [4.78, 5) is 16.4. The second-order valence-corrected chi connectivity index (χ2v) is 8.63. The van der Waals surface area contributed by atoms with Crippen LogP contribution in [0.5, 0.6) is 0 Å². The van der Waals surface area contributed by atoms with E-state index in [0.717, 1.165) is 12.8 Å². The van der Waals surface area contributed by atoms with Crippen LogP contribution in [0.15, 0.2) is 4.52 Å². The monoisotopic (exact) mass is 373 g/mol. The van der Waals surface area contributed by atoms with E-state index in [4.69, 9.17) is 4.52 Å². The Morgan fingerprint density at radius 2 is 2.04 bits per heavy atom. The van der Waals surface area contributed by atoms with Gasteiger partial charge in [0.05, 0.1) is 5.75 Å². The number of urea groups is 1. The summed E-state index contributed by atoms with van der Waals surface area (Å²) in [6, 6.07) is -0.707. The third-order valence-electron chi connectivity index (χ3n) is 3.96. The second-order valence-electron chi connectivity index (χ2n) is 6.54. The van der Waals surface area contributed by atoms with Gasteiger partial charge in [0.25, 0.3) is 0 Å². The zero-order valence-corrected chi connectivity index (χ0v) is 15.7. The summed E-state index contributed by atoms with van der Waals surface area (Å²) in [5.41, 5.74) is 0. The molecule has 25 heavy (non-hydrogen) atoms. The maximum atomic E-state index is 12.0. The highest BCUT2D eigenvalue weighted by Gasteiger charge is 2.31. The van der Waals surface area contributed by atoms with Crippen molar-refractivity contribution in [3.8, 4) is 0 Å². The lowest BCUT2D eigenvalue weighted by Gasteiger charge is -2.18. The molecule has 0 spiro atoms. The largest absolute Gasteiger partial charge is 0.338 e. The van der Waals surface area contributed by atoms with Crippen LogP contribution in [0.25, 0.3) is 0 Å². The van der Waals surface area contributed by atoms with E-state index in [-0.39, 0.29) is 23.7 Å². The topological polar surface area (TPSA) is 126 Å². The molecule has 0 saturated heterocycles. The second kappa shape index (κ2) is 8.61. The Kier molecular flexibility index (Phi) is 6.77. The van der Waals surface area contributed by atoms with Crippen LogP contribution >= 0.6 is 0 Å². The van der Waals surface area contributed by atoms with Crippen molar-refractivity contribution in [3.05, 3.63) is 11.7 Å². The van der Waals surface area contributed by atoms with Crippen LogP contribution in [0.2, 0.25) is 0 Å². The van der Waals surface area contributed by atoms with Gasteiger partial charge in [-0.15, -0.1) is 0 Å². The van der Waals surface area contributed by atoms with E-state index >= 15 is 0 Å². The van der Waals surface area contributed by atoms with Crippen LogP contribution in [-0.4, -0.2) is 43.4 Å². The van der Waals surface area contributed by atoms with E-state index < -0.39 is 10.0 Å². The molecule has 142 valence electrons. The molecular formula is C15H27N5O4S. The van der Waals surface area contributed by atoms with Gasteiger partial charge in [-0.1, -0.05) is 19.0 Å². The highest BCUT2D eigenvalue weighted by atomic mass is 32.2. The lowest BCUT2D eigenvalue weighted by Crippen LogP contribution is -2.41. The van der Waals surface area contributed by atoms with E-state index in [1.54, 1.807) is 6.92 Å². The van der Waals surface area contributed by atoms with Crippen molar-refractivity contribution in [1.82, 2.24) is 25.5 Å². The lowest BCUT2D eigenvalue weighted by molar-refractivity contribution is 0.224. The van der Waals surface area contributed by atoms with Gasteiger partial charge in [-0.3, -0.25) is 0 Å². The Morgan fingerprint density at radius 3 is 2.64 bits per heavy atom. The van der Waals surface area contributed by atoms with E-state index in [2.05, 4.69) is 25.5 Å². The third-order valence-corrected chi connectivity index (χ3v) is 5.36. The Labute approximate surface area is 148 Å². The molecule has 1 heterocycles. The minimum atomic E-state index is -3.19. The van der Waals surface area contributed by atoms with Gasteiger partial charge in [0.1, 0.15) is 6.04 Å². The van der Waals surface area contributed by atoms with Crippen LogP contribution in [0, 0.1) is 5.92 Å². The van der Waals surface area contributed by atoms with Crippen molar-refractivity contribution in [2.45, 2.75) is 52.0 Å². The van der Waals surface area contributed by atoms with Crippen molar-refractivity contribution in [2.75, 3.05) is 18.8 Å². The molecule has 2 amide bonds. The number of aromatic nitrogens is 2. The molecule has 1 aliphatic carbocycles. The summed E-state index contributed by atoms with van der Waals surface area (Å²) in [5, 5.41) is 9.53. The number of amides is 2. The van der Waals surface area contributed by atoms with E-state index in [1.807, 2.05) is 13.8 Å². The first-order chi connectivity index (χ1) is 11.8. The molecule has 1 fully saturated rings. The van der Waals surface area contributed by atoms with Crippen LogP contribution in [0.4, 0.5) is 4.79 Å². The highest BCUT2D eigenvalue weighted by Crippen LogP contribution is 2.38. The summed E-state index contributed by atoms with van der Waals surface area (Å²) >= 11 is 0. The number of hydrogen-bond donors (Lipinski definition) is 3. The van der Waals surface area contributed by atoms with Crippen molar-refractivity contribution < 1.29 is 17.7 Å². The van der Waals surface area contributed by atoms with Gasteiger partial charge in [-0.25, -0.2) is 17.9 Å². The van der Waals surface area contributed by atoms with Gasteiger partial charge in [0.15, 0.2) is 5.82 Å². The fraction of sp³-hybridized carbons (Fsp3) is 0.800. The number of rotatable bonds is 10. The summed E-state index contributed by atoms with van der Waals surface area (Å²) in [7, 11) is -3.19. The van der Waals surface area contributed by atoms with Crippen LogP contribution < -0.4 is 15.4 Å². The predicted octanol–water partition coefficient (Wildman–Crippen LogP) is 1.27. The Morgan fingerprint density at radius 1 is 1.32 bits per heavy atom. The maximum absolute atomic E-state index is 12.0. The molecule has 0 unspecified atom stereocenters. The van der Waals surface area contributed by atoms with Gasteiger partial charge >= 0.3 is 6.03 Å². The van der Waals surface area contributed by atoms with Crippen molar-refractivity contribution in [1.29, 1.82) is 0 Å². The third kappa shape index (κ3) is 6.28. The minimum absolute atomic E-state index is 0.0456. The number of nitrogens with one attached hydrogen (secondary N) is 3. The van der Waals surface area contributed by atoms with E-state index in [0.29, 0.717) is 37.1 Å². The zero-order chi connectivity index (χ0) is 18.4. The number of carbonyl (C=O) groups is 1. The molecule has 0 bridgehead atoms. The van der Waals surface area contributed by atoms with Gasteiger partial charge < -0.3 is 15.2 Å². The summed E-state index contributed by atoms with van der Waals surface area (Å²) in [6.45, 7) is 6.15. The summed E-state index contributed by atoms with van der Waals surface area (Å²) < 4.78 is 30.3. The lowest BCUT2D eigenvalue weighted by atomic mass is 10.0. The molecule has 1 saturated carbocycles. The molecule has 1 atom stereocenters. The molecule has 1 aromatic rings. The molecule has 1 aliphatic rings. The fourth-order valence-corrected chi connectivity index (χ4v) is 2.87. The van der Waals surface area contributed by atoms with E-state index in [9.17, 15) is 13.2 Å². The molecular weight excluding hydrogens is 346 g/mol. The standard InChI is InChI=1S/C15H27N5O4S/c1-4-25(22,23)17-9-5-8-16-15(21)18-12(10(2)3)14-19-13(20-24-14)11-6-7-11/h10-12,17H,4-9H2,1-3H3,(H2,16,18,21)/t12-/m0/s1. The molecule has 10 heteroatoms. The molecule has 0 aliphatic heterocycles. The number of nitrogens with zero attached hydrogens (tertiary/aromatic N) is 2. The summed E-state index contributed by atoms with van der Waals surface area (Å²) in [6.07, 6.45) is 2.67. The number of sulfonamides is 1. The smallest absolute Gasteiger partial charge is 0.315 e. The first kappa shape index (κ1) is 19.6. The zero-order valence-electron chi connectivity index (χ0n) is 14.9. The Hall–Kier alpha value is -1.68. The molecule has 9 nitrogen and oxygen atoms in total. The summed E-state index contributed by atoms with van der Waals surface area (Å²) in [5.74, 6) is 1.67. The average Bonchev–Trinajstić information content (AvgIpc) is 3.30. The first-order valence-corrected chi connectivity index (χ1v) is 10.3. The van der Waals surface area contributed by atoms with Crippen LogP contribution in [0.1, 0.15) is 63.7 Å². The van der Waals surface area contributed by atoms with E-state index in [1.165, 1.54) is 0 Å². The Bertz CT molecular complexity index is 669. The quantitative estimate of drug-likeness (QED) is 0.530. The van der Waals surface area contributed by atoms with Crippen LogP contribution in [-0.2, 0) is 10.0 Å². The number of hydrogen-bond acceptors (Lipinski definition) is 6.